The molecule has 1 aliphatic heterocycles. The van der Waals surface area contributed by atoms with Crippen LogP contribution < -0.4 is 5.32 Å². The number of fused-ring (bicyclic) bond motifs is 5. The van der Waals surface area contributed by atoms with Gasteiger partial charge in [0.05, 0.1) is 35.6 Å². The highest BCUT2D eigenvalue weighted by atomic mass is 35.5. The minimum atomic E-state index is -2.41. The van der Waals surface area contributed by atoms with Crippen LogP contribution in [0.15, 0.2) is 96.1 Å². The first-order valence-corrected chi connectivity index (χ1v) is 21.0. The summed E-state index contributed by atoms with van der Waals surface area (Å²) in [6, 6.07) is 20.6. The number of Topliss-reactive ketones (excluding diaryl/α,β-unsaturated/α-hetero) is 1. The number of rotatable bonds is 10. The van der Waals surface area contributed by atoms with E-state index in [9.17, 15) is 39.3 Å². The monoisotopic (exact) mass is 887 g/mol. The van der Waals surface area contributed by atoms with E-state index in [4.69, 9.17) is 35.3 Å². The molecule has 3 fully saturated rings. The van der Waals surface area contributed by atoms with Crippen molar-refractivity contribution < 1.29 is 67.8 Å². The van der Waals surface area contributed by atoms with E-state index >= 15 is 4.79 Å². The van der Waals surface area contributed by atoms with Gasteiger partial charge in [-0.1, -0.05) is 74.0 Å². The van der Waals surface area contributed by atoms with E-state index in [0.717, 1.165) is 13.8 Å². The van der Waals surface area contributed by atoms with Crippen LogP contribution in [-0.4, -0.2) is 105 Å². The molecular weight excluding hydrogens is 838 g/mol. The summed E-state index contributed by atoms with van der Waals surface area (Å²) in [6.45, 7) is 7.91. The van der Waals surface area contributed by atoms with Crippen molar-refractivity contribution in [2.75, 3.05) is 6.61 Å². The smallest absolute Gasteiger partial charge is 0.338 e. The van der Waals surface area contributed by atoms with Crippen LogP contribution in [-0.2, 0) is 42.9 Å². The number of aliphatic hydroxyl groups excluding tert-OH is 2. The standard InChI is InChI=1S/C47H50ClNO14/c1-24-31(61-43(57)36(53)35(29-18-13-19-30(48)20-29)49-41(55)27-14-9-7-10-15-27)22-47(58)40(62-42(56)28-16-11-8-12-17-28)38-45(6,32(52)21-33-46(38,23-59-33)63-26(3)51)39(54)37(60-25(2)50)34(24)44(47,4)5/h7-20,31-33,35-38,40,52-53,58H,21-23H2,1-6H3,(H,49,55)/t31?,32-,33+,35?,36?,37-,38?,40?,45+,46-,47+/m0/s1. The van der Waals surface area contributed by atoms with Crippen LogP contribution in [0.1, 0.15) is 86.7 Å². The maximum absolute atomic E-state index is 15.5. The topological polar surface area (TPSA) is 221 Å². The molecule has 1 saturated heterocycles. The number of hydrogen-bond donors (Lipinski definition) is 4. The first-order chi connectivity index (χ1) is 29.7. The SMILES string of the molecule is CC(=O)O[C@@H]1C(=O)[C@@]2(C)C(C(OC(=O)c3ccccc3)[C@]3(O)CC(OC(=O)C(O)C(NC(=O)c4ccccc4)c4cccc(Cl)c4)C(C)=C1C3(C)C)[C@]1(OC(C)=O)CO[C@@H]1C[C@@H]2O. The number of benzene rings is 3. The first kappa shape index (κ1) is 45.6. The molecule has 11 atom stereocenters. The number of ketones is 1. The van der Waals surface area contributed by atoms with Crippen LogP contribution in [0.3, 0.4) is 0 Å². The van der Waals surface area contributed by atoms with Crippen LogP contribution in [0.25, 0.3) is 0 Å². The maximum atomic E-state index is 15.5. The molecule has 334 valence electrons. The van der Waals surface area contributed by atoms with Gasteiger partial charge in [-0.25, -0.2) is 9.59 Å². The molecule has 63 heavy (non-hydrogen) atoms. The van der Waals surface area contributed by atoms with Gasteiger partial charge in [0.2, 0.25) is 0 Å². The molecule has 4 N–H and O–H groups in total. The quantitative estimate of drug-likeness (QED) is 0.126. The fourth-order valence-electron chi connectivity index (χ4n) is 10.2. The van der Waals surface area contributed by atoms with E-state index in [1.165, 1.54) is 32.0 Å². The predicted molar refractivity (Wildman–Crippen MR) is 223 cm³/mol. The number of esters is 4. The van der Waals surface area contributed by atoms with Gasteiger partial charge in [-0.05, 0) is 67.0 Å². The summed E-state index contributed by atoms with van der Waals surface area (Å²) in [5, 5.41) is 40.5. The second-order valence-corrected chi connectivity index (χ2v) is 17.9. The third kappa shape index (κ3) is 7.73. The average molecular weight is 888 g/mol. The minimum Gasteiger partial charge on any atom is -0.456 e. The van der Waals surface area contributed by atoms with Gasteiger partial charge in [0, 0.05) is 42.7 Å². The lowest BCUT2D eigenvalue weighted by molar-refractivity contribution is -0.346. The van der Waals surface area contributed by atoms with E-state index in [-0.39, 0.29) is 45.9 Å². The molecule has 0 radical (unpaired) electrons. The summed E-state index contributed by atoms with van der Waals surface area (Å²) < 4.78 is 30.3. The van der Waals surface area contributed by atoms with E-state index in [1.807, 2.05) is 0 Å². The van der Waals surface area contributed by atoms with Crippen LogP contribution in [0.2, 0.25) is 5.02 Å². The molecule has 0 aromatic heterocycles. The van der Waals surface area contributed by atoms with Crippen LogP contribution in [0, 0.1) is 16.7 Å². The molecule has 3 aromatic carbocycles. The number of halogens is 1. The van der Waals surface area contributed by atoms with Crippen molar-refractivity contribution in [2.24, 2.45) is 16.7 Å². The Hall–Kier alpha value is -5.45. The van der Waals surface area contributed by atoms with Gasteiger partial charge < -0.3 is 44.3 Å². The van der Waals surface area contributed by atoms with Crippen molar-refractivity contribution in [2.45, 2.75) is 108 Å². The van der Waals surface area contributed by atoms with E-state index in [1.54, 1.807) is 80.6 Å². The Kier molecular flexibility index (Phi) is 12.2. The lowest BCUT2D eigenvalue weighted by Gasteiger charge is -2.67. The van der Waals surface area contributed by atoms with Crippen molar-refractivity contribution in [1.29, 1.82) is 0 Å². The Morgan fingerprint density at radius 2 is 1.51 bits per heavy atom. The molecule has 16 heteroatoms. The molecule has 3 aromatic rings. The lowest BCUT2D eigenvalue weighted by Crippen LogP contribution is -2.82. The predicted octanol–water partition coefficient (Wildman–Crippen LogP) is 4.39. The highest BCUT2D eigenvalue weighted by molar-refractivity contribution is 6.30. The zero-order valence-electron chi connectivity index (χ0n) is 35.5. The zero-order chi connectivity index (χ0) is 45.8. The van der Waals surface area contributed by atoms with Gasteiger partial charge in [0.1, 0.15) is 23.9 Å². The highest BCUT2D eigenvalue weighted by Crippen LogP contribution is 2.64. The number of hydrogen-bond acceptors (Lipinski definition) is 14. The van der Waals surface area contributed by atoms with Gasteiger partial charge >= 0.3 is 23.9 Å². The van der Waals surface area contributed by atoms with E-state index in [2.05, 4.69) is 5.32 Å². The van der Waals surface area contributed by atoms with Gasteiger partial charge in [0.25, 0.3) is 5.91 Å². The van der Waals surface area contributed by atoms with Crippen molar-refractivity contribution in [3.05, 3.63) is 118 Å². The van der Waals surface area contributed by atoms with Crippen LogP contribution >= 0.6 is 11.6 Å². The zero-order valence-corrected chi connectivity index (χ0v) is 36.3. The number of nitrogens with one attached hydrogen (secondary N) is 1. The summed E-state index contributed by atoms with van der Waals surface area (Å²) in [5.74, 6) is -6.98. The van der Waals surface area contributed by atoms with Gasteiger partial charge in [0.15, 0.2) is 23.6 Å². The molecule has 15 nitrogen and oxygen atoms in total. The average Bonchev–Trinajstić information content (AvgIpc) is 3.23. The molecule has 7 rings (SSSR count). The lowest BCUT2D eigenvalue weighted by atomic mass is 9.44. The molecule has 4 aliphatic rings. The largest absolute Gasteiger partial charge is 0.456 e. The third-order valence-corrected chi connectivity index (χ3v) is 13.8. The summed E-state index contributed by atoms with van der Waals surface area (Å²) in [4.78, 5) is 83.6. The Morgan fingerprint density at radius 1 is 0.873 bits per heavy atom. The highest BCUT2D eigenvalue weighted by Gasteiger charge is 2.78. The maximum Gasteiger partial charge on any atom is 0.338 e. The Balaban J connectivity index is 1.39. The van der Waals surface area contributed by atoms with Gasteiger partial charge in [-0.3, -0.25) is 19.2 Å². The molecule has 1 heterocycles. The summed E-state index contributed by atoms with van der Waals surface area (Å²) in [7, 11) is 0. The van der Waals surface area contributed by atoms with Crippen molar-refractivity contribution in [3.63, 3.8) is 0 Å². The number of carbonyl (C=O) groups excluding carboxylic acids is 6. The number of carbonyl (C=O) groups is 6. The summed E-state index contributed by atoms with van der Waals surface area (Å²) in [5.41, 5.74) is -7.28. The van der Waals surface area contributed by atoms with Crippen LogP contribution in [0.4, 0.5) is 0 Å². The normalized spacial score (nSPS) is 31.6. The Morgan fingerprint density at radius 3 is 2.08 bits per heavy atom. The summed E-state index contributed by atoms with van der Waals surface area (Å²) >= 11 is 6.31. The molecule has 2 bridgehead atoms. The minimum absolute atomic E-state index is 0.0198. The van der Waals surface area contributed by atoms with Gasteiger partial charge in [-0.2, -0.15) is 0 Å². The number of amides is 1. The molecule has 3 aliphatic carbocycles. The van der Waals surface area contributed by atoms with Crippen LogP contribution in [0.5, 0.6) is 0 Å². The second-order valence-electron chi connectivity index (χ2n) is 17.5. The first-order valence-electron chi connectivity index (χ1n) is 20.6. The number of ether oxygens (including phenoxy) is 5. The Labute approximate surface area is 368 Å². The third-order valence-electron chi connectivity index (χ3n) is 13.5. The van der Waals surface area contributed by atoms with Crippen molar-refractivity contribution >= 4 is 47.2 Å². The second kappa shape index (κ2) is 16.9. The molecular formula is C47H50ClNO14. The van der Waals surface area contributed by atoms with E-state index in [0.29, 0.717) is 0 Å². The van der Waals surface area contributed by atoms with Crippen molar-refractivity contribution in [1.82, 2.24) is 5.32 Å². The number of aliphatic hydroxyl groups is 3. The van der Waals surface area contributed by atoms with E-state index < -0.39 is 113 Å². The Bertz CT molecular complexity index is 2350. The van der Waals surface area contributed by atoms with Crippen molar-refractivity contribution in [3.8, 4) is 0 Å². The fourth-order valence-corrected chi connectivity index (χ4v) is 10.4. The molecule has 2 saturated carbocycles. The molecule has 0 spiro atoms. The molecule has 1 amide bonds. The van der Waals surface area contributed by atoms with Gasteiger partial charge in [-0.15, -0.1) is 0 Å². The summed E-state index contributed by atoms with van der Waals surface area (Å²) in [6.07, 6.45) is -10.7. The molecule has 5 unspecified atom stereocenters. The fraction of sp³-hybridized carbons (Fsp3) is 0.447.